The number of fused-ring (bicyclic) bond motifs is 1. The summed E-state index contributed by atoms with van der Waals surface area (Å²) in [6, 6.07) is 0. The van der Waals surface area contributed by atoms with Gasteiger partial charge in [-0.15, -0.1) is 0 Å². The largest absolute Gasteiger partial charge is 0.465 e. The van der Waals surface area contributed by atoms with Crippen LogP contribution in [0.4, 0.5) is 0 Å². The van der Waals surface area contributed by atoms with Crippen molar-refractivity contribution in [3.63, 3.8) is 0 Å². The van der Waals surface area contributed by atoms with Gasteiger partial charge in [0.1, 0.15) is 0 Å². The van der Waals surface area contributed by atoms with Crippen molar-refractivity contribution in [1.82, 2.24) is 0 Å². The van der Waals surface area contributed by atoms with E-state index < -0.39 is 0 Å². The van der Waals surface area contributed by atoms with E-state index in [0.29, 0.717) is 12.7 Å². The normalized spacial score (nSPS) is 35.6. The van der Waals surface area contributed by atoms with Crippen LogP contribution in [0.25, 0.3) is 0 Å². The highest BCUT2D eigenvalue weighted by atomic mass is 16.6. The fourth-order valence-electron chi connectivity index (χ4n) is 3.43. The average molecular weight is 347 g/mol. The molecule has 25 heavy (non-hydrogen) atoms. The first-order valence-corrected chi connectivity index (χ1v) is 9.61. The predicted molar refractivity (Wildman–Crippen MR) is 102 cm³/mol. The molecule has 0 spiro atoms. The van der Waals surface area contributed by atoms with E-state index in [0.717, 1.165) is 38.5 Å². The van der Waals surface area contributed by atoms with Crippen LogP contribution in [-0.4, -0.2) is 24.3 Å². The van der Waals surface area contributed by atoms with E-state index in [1.165, 1.54) is 23.6 Å². The second-order valence-electron chi connectivity index (χ2n) is 7.98. The Morgan fingerprint density at radius 1 is 1.28 bits per heavy atom. The van der Waals surface area contributed by atoms with E-state index in [9.17, 15) is 4.79 Å². The highest BCUT2D eigenvalue weighted by Gasteiger charge is 2.50. The van der Waals surface area contributed by atoms with Crippen molar-refractivity contribution in [3.05, 3.63) is 34.9 Å². The van der Waals surface area contributed by atoms with Crippen LogP contribution in [0.5, 0.6) is 0 Å². The number of hydrogen-bond acceptors (Lipinski definition) is 3. The Hall–Kier alpha value is -1.35. The minimum absolute atomic E-state index is 0.00598. The van der Waals surface area contributed by atoms with E-state index in [-0.39, 0.29) is 17.5 Å². The topological polar surface area (TPSA) is 38.8 Å². The predicted octanol–water partition coefficient (Wildman–Crippen LogP) is 5.52. The first-order valence-electron chi connectivity index (χ1n) is 9.61. The Labute approximate surface area is 153 Å². The first-order chi connectivity index (χ1) is 11.8. The molecule has 1 unspecified atom stereocenters. The lowest BCUT2D eigenvalue weighted by Crippen LogP contribution is -2.15. The highest BCUT2D eigenvalue weighted by Crippen LogP contribution is 2.44. The van der Waals surface area contributed by atoms with Crippen LogP contribution in [0.2, 0.25) is 0 Å². The van der Waals surface area contributed by atoms with Gasteiger partial charge in [0, 0.05) is 12.8 Å². The zero-order chi connectivity index (χ0) is 18.4. The average Bonchev–Trinajstić information content (AvgIpc) is 3.20. The molecule has 0 aromatic rings. The number of rotatable bonds is 3. The lowest BCUT2D eigenvalue weighted by Gasteiger charge is -2.18. The lowest BCUT2D eigenvalue weighted by molar-refractivity contribution is -0.141. The van der Waals surface area contributed by atoms with Gasteiger partial charge in [0.25, 0.3) is 0 Å². The maximum atomic E-state index is 11.1. The van der Waals surface area contributed by atoms with Crippen LogP contribution in [0, 0.1) is 5.92 Å². The van der Waals surface area contributed by atoms with Crippen LogP contribution < -0.4 is 0 Å². The number of hydrogen-bond donors (Lipinski definition) is 0. The van der Waals surface area contributed by atoms with Crippen LogP contribution in [0.15, 0.2) is 34.9 Å². The molecule has 3 atom stereocenters. The van der Waals surface area contributed by atoms with Gasteiger partial charge in [0.2, 0.25) is 0 Å². The van der Waals surface area contributed by atoms with Crippen molar-refractivity contribution in [2.45, 2.75) is 84.8 Å². The first kappa shape index (κ1) is 20.0. The van der Waals surface area contributed by atoms with E-state index in [2.05, 4.69) is 45.9 Å². The molecule has 0 aromatic carbocycles. The zero-order valence-electron chi connectivity index (χ0n) is 16.6. The monoisotopic (exact) mass is 346 g/mol. The van der Waals surface area contributed by atoms with Gasteiger partial charge in [0.15, 0.2) is 0 Å². The van der Waals surface area contributed by atoms with Crippen molar-refractivity contribution < 1.29 is 14.3 Å². The van der Waals surface area contributed by atoms with E-state index in [1.54, 1.807) is 0 Å². The van der Waals surface area contributed by atoms with Gasteiger partial charge in [0.05, 0.1) is 18.3 Å². The third-order valence-electron chi connectivity index (χ3n) is 5.51. The minimum atomic E-state index is -0.205. The van der Waals surface area contributed by atoms with Gasteiger partial charge in [-0.05, 0) is 59.3 Å². The Morgan fingerprint density at radius 2 is 2.04 bits per heavy atom. The van der Waals surface area contributed by atoms with Crippen molar-refractivity contribution in [2.24, 2.45) is 5.92 Å². The molecule has 0 saturated carbocycles. The smallest absolute Gasteiger partial charge is 0.302 e. The molecular formula is C22H34O3. The summed E-state index contributed by atoms with van der Waals surface area (Å²) in [5, 5.41) is 0. The summed E-state index contributed by atoms with van der Waals surface area (Å²) in [6.07, 6.45) is 13.7. The summed E-state index contributed by atoms with van der Waals surface area (Å²) in [6.45, 7) is 10.7. The van der Waals surface area contributed by atoms with Crippen molar-refractivity contribution in [2.75, 3.05) is 6.61 Å². The summed E-state index contributed by atoms with van der Waals surface area (Å²) in [7, 11) is 0. The number of ether oxygens (including phenoxy) is 2. The lowest BCUT2D eigenvalue weighted by atomic mass is 9.89. The summed E-state index contributed by atoms with van der Waals surface area (Å²) in [5.41, 5.74) is 4.26. The van der Waals surface area contributed by atoms with Crippen molar-refractivity contribution >= 4 is 5.97 Å². The molecule has 1 heterocycles. The number of carbonyl (C=O) groups is 1. The molecule has 1 aliphatic heterocycles. The van der Waals surface area contributed by atoms with Gasteiger partial charge in [-0.2, -0.15) is 0 Å². The second kappa shape index (κ2) is 8.84. The number of esters is 1. The maximum Gasteiger partial charge on any atom is 0.302 e. The fraction of sp³-hybridized carbons (Fsp3) is 0.682. The Bertz CT molecular complexity index is 570. The third kappa shape index (κ3) is 6.47. The van der Waals surface area contributed by atoms with Crippen LogP contribution in [-0.2, 0) is 14.3 Å². The van der Waals surface area contributed by atoms with Crippen molar-refractivity contribution in [3.8, 4) is 0 Å². The van der Waals surface area contributed by atoms with Gasteiger partial charge >= 0.3 is 5.97 Å². The molecule has 0 bridgehead atoms. The van der Waals surface area contributed by atoms with E-state index in [4.69, 9.17) is 9.47 Å². The van der Waals surface area contributed by atoms with E-state index in [1.807, 2.05) is 0 Å². The summed E-state index contributed by atoms with van der Waals surface area (Å²) in [5.74, 6) is 0.0525. The summed E-state index contributed by atoms with van der Waals surface area (Å²) >= 11 is 0. The second-order valence-corrected chi connectivity index (χ2v) is 7.98. The maximum absolute atomic E-state index is 11.1. The molecular weight excluding hydrogens is 312 g/mol. The molecule has 3 nitrogen and oxygen atoms in total. The zero-order valence-corrected chi connectivity index (χ0v) is 16.6. The van der Waals surface area contributed by atoms with Gasteiger partial charge in [-0.1, -0.05) is 41.9 Å². The van der Waals surface area contributed by atoms with Crippen LogP contribution in [0.1, 0.15) is 73.1 Å². The molecule has 0 aromatic heterocycles. The fourth-order valence-corrected chi connectivity index (χ4v) is 3.43. The van der Waals surface area contributed by atoms with E-state index >= 15 is 0 Å². The number of carbonyl (C=O) groups excluding carboxylic acids is 1. The van der Waals surface area contributed by atoms with Crippen molar-refractivity contribution in [1.29, 1.82) is 0 Å². The Balaban J connectivity index is 2.09. The molecule has 2 rings (SSSR count). The molecule has 0 amide bonds. The molecule has 0 radical (unpaired) electrons. The molecule has 2 aliphatic rings. The Morgan fingerprint density at radius 3 is 2.76 bits per heavy atom. The third-order valence-corrected chi connectivity index (χ3v) is 5.51. The standard InChI is InChI=1S/C22H34O3/c1-16-7-6-8-17(2)10-12-21-22(5,25-21)14-13-20(11-9-16)18(3)15-24-19(4)23/h7,10-11,18,21H,6,8-9,12-15H2,1-5H3/b16-7+,17-10+,20-11+/t18?,21-,22-/m1/s1. The quantitative estimate of drug-likeness (QED) is 0.384. The molecule has 1 aliphatic carbocycles. The summed E-state index contributed by atoms with van der Waals surface area (Å²) < 4.78 is 11.2. The van der Waals surface area contributed by atoms with Gasteiger partial charge in [-0.3, -0.25) is 4.79 Å². The number of allylic oxidation sites excluding steroid dienone is 4. The molecule has 1 fully saturated rings. The van der Waals surface area contributed by atoms with Gasteiger partial charge in [-0.25, -0.2) is 0 Å². The minimum Gasteiger partial charge on any atom is -0.465 e. The Kier molecular flexibility index (Phi) is 7.06. The highest BCUT2D eigenvalue weighted by molar-refractivity contribution is 5.65. The molecule has 3 heteroatoms. The van der Waals surface area contributed by atoms with Crippen LogP contribution in [0.3, 0.4) is 0 Å². The molecule has 0 N–H and O–H groups in total. The van der Waals surface area contributed by atoms with Crippen LogP contribution >= 0.6 is 0 Å². The van der Waals surface area contributed by atoms with Gasteiger partial charge < -0.3 is 9.47 Å². The molecule has 140 valence electrons. The summed E-state index contributed by atoms with van der Waals surface area (Å²) in [4.78, 5) is 11.1. The molecule has 1 saturated heterocycles. The SMILES string of the molecule is CC(=O)OCC(C)/C1=C/C/C(C)=C/CC/C(C)=C/C[C@H]2O[C@]2(C)CC1. The number of epoxide rings is 1.